The second kappa shape index (κ2) is 6.01. The third-order valence-corrected chi connectivity index (χ3v) is 4.06. The van der Waals surface area contributed by atoms with Crippen molar-refractivity contribution in [2.45, 2.75) is 58.9 Å². The summed E-state index contributed by atoms with van der Waals surface area (Å²) in [5.41, 5.74) is 2.79. The topological polar surface area (TPSA) is 52.8 Å². The highest BCUT2D eigenvalue weighted by Crippen LogP contribution is 2.30. The number of hydrogen-bond donors (Lipinski definition) is 0. The fraction of sp³-hybridized carbons (Fsp3) is 0.667. The summed E-state index contributed by atoms with van der Waals surface area (Å²) in [7, 11) is 0. The third-order valence-electron chi connectivity index (χ3n) is 4.06. The van der Waals surface area contributed by atoms with Crippen molar-refractivity contribution < 1.29 is 0 Å². The van der Waals surface area contributed by atoms with Crippen LogP contribution in [0.5, 0.6) is 0 Å². The van der Waals surface area contributed by atoms with Crippen molar-refractivity contribution in [2.75, 3.05) is 11.4 Å². The van der Waals surface area contributed by atoms with Gasteiger partial charge in [-0.1, -0.05) is 20.8 Å². The summed E-state index contributed by atoms with van der Waals surface area (Å²) in [6.07, 6.45) is 5.16. The van der Waals surface area contributed by atoms with Gasteiger partial charge in [0.1, 0.15) is 11.6 Å². The van der Waals surface area contributed by atoms with E-state index in [4.69, 9.17) is 0 Å². The summed E-state index contributed by atoms with van der Waals surface area (Å²) in [5.74, 6) is 0.806. The molecule has 0 amide bonds. The lowest BCUT2D eigenvalue weighted by atomic mass is 10.0. The largest absolute Gasteiger partial charge is 0.351 e. The van der Waals surface area contributed by atoms with E-state index in [9.17, 15) is 5.26 Å². The highest BCUT2D eigenvalue weighted by Gasteiger charge is 2.28. The Morgan fingerprint density at radius 2 is 2.05 bits per heavy atom. The van der Waals surface area contributed by atoms with Crippen molar-refractivity contribution in [2.24, 2.45) is 0 Å². The van der Waals surface area contributed by atoms with Crippen LogP contribution in [0.4, 0.5) is 5.82 Å². The molecule has 0 aromatic carbocycles. The van der Waals surface area contributed by atoms with Gasteiger partial charge < -0.3 is 4.90 Å². The van der Waals surface area contributed by atoms with E-state index in [1.165, 1.54) is 12.8 Å². The number of aromatic nitrogens is 2. The molecule has 0 aliphatic carbocycles. The average Bonchev–Trinajstić information content (AvgIpc) is 2.93. The first-order valence-corrected chi connectivity index (χ1v) is 7.31. The zero-order chi connectivity index (χ0) is 13.8. The van der Waals surface area contributed by atoms with Gasteiger partial charge in [0.2, 0.25) is 0 Å². The normalized spacial score (nSPS) is 18.6. The summed E-state index contributed by atoms with van der Waals surface area (Å²) >= 11 is 0. The van der Waals surface area contributed by atoms with E-state index in [1.807, 2.05) is 0 Å². The van der Waals surface area contributed by atoms with Crippen molar-refractivity contribution >= 4 is 5.82 Å². The first-order chi connectivity index (χ1) is 9.26. The standard InChI is InChI=1S/C15H22N4/c1-4-11-8-7-9-19(11)15-13(10-16)12(5-2)14(6-3)17-18-15/h11H,4-9H2,1-3H3. The Balaban J connectivity index is 2.49. The van der Waals surface area contributed by atoms with Crippen LogP contribution in [0.2, 0.25) is 0 Å². The van der Waals surface area contributed by atoms with Gasteiger partial charge >= 0.3 is 0 Å². The maximum Gasteiger partial charge on any atom is 0.169 e. The Hall–Kier alpha value is -1.63. The molecule has 0 saturated carbocycles. The van der Waals surface area contributed by atoms with Crippen LogP contribution in [0.1, 0.15) is 56.9 Å². The van der Waals surface area contributed by atoms with Gasteiger partial charge in [-0.2, -0.15) is 10.4 Å². The van der Waals surface area contributed by atoms with E-state index in [0.29, 0.717) is 6.04 Å². The molecule has 0 bridgehead atoms. The molecule has 4 nitrogen and oxygen atoms in total. The number of nitriles is 1. The van der Waals surface area contributed by atoms with Gasteiger partial charge in [-0.25, -0.2) is 0 Å². The second-order valence-electron chi connectivity index (χ2n) is 5.04. The van der Waals surface area contributed by atoms with Crippen LogP contribution in [-0.4, -0.2) is 22.8 Å². The lowest BCUT2D eigenvalue weighted by Gasteiger charge is -2.26. The van der Waals surface area contributed by atoms with Crippen LogP contribution in [-0.2, 0) is 12.8 Å². The second-order valence-corrected chi connectivity index (χ2v) is 5.04. The number of hydrogen-bond acceptors (Lipinski definition) is 4. The molecule has 19 heavy (non-hydrogen) atoms. The summed E-state index contributed by atoms with van der Waals surface area (Å²) in [6, 6.07) is 2.88. The van der Waals surface area contributed by atoms with Crippen molar-refractivity contribution in [3.63, 3.8) is 0 Å². The zero-order valence-corrected chi connectivity index (χ0v) is 12.1. The van der Waals surface area contributed by atoms with E-state index >= 15 is 0 Å². The fourth-order valence-corrected chi connectivity index (χ4v) is 3.02. The van der Waals surface area contributed by atoms with Gasteiger partial charge in [0.05, 0.1) is 5.69 Å². The van der Waals surface area contributed by atoms with Crippen LogP contribution in [0, 0.1) is 11.3 Å². The van der Waals surface area contributed by atoms with Crippen LogP contribution < -0.4 is 4.90 Å². The SMILES string of the molecule is CCc1nnc(N2CCCC2CC)c(C#N)c1CC. The molecular weight excluding hydrogens is 236 g/mol. The number of aryl methyl sites for hydroxylation is 1. The Morgan fingerprint density at radius 3 is 2.63 bits per heavy atom. The predicted molar refractivity (Wildman–Crippen MR) is 76.2 cm³/mol. The van der Waals surface area contributed by atoms with Crippen LogP contribution in [0.15, 0.2) is 0 Å². The molecule has 1 aromatic heterocycles. The van der Waals surface area contributed by atoms with E-state index < -0.39 is 0 Å². The number of anilines is 1. The van der Waals surface area contributed by atoms with Crippen molar-refractivity contribution in [3.8, 4) is 6.07 Å². The number of nitrogens with zero attached hydrogens (tertiary/aromatic N) is 4. The van der Waals surface area contributed by atoms with Gasteiger partial charge in [-0.15, -0.1) is 5.10 Å². The van der Waals surface area contributed by atoms with E-state index in [0.717, 1.165) is 48.4 Å². The van der Waals surface area contributed by atoms with Crippen LogP contribution in [0.3, 0.4) is 0 Å². The van der Waals surface area contributed by atoms with Gasteiger partial charge in [0, 0.05) is 12.6 Å². The van der Waals surface area contributed by atoms with E-state index in [2.05, 4.69) is 41.9 Å². The summed E-state index contributed by atoms with van der Waals surface area (Å²) in [6.45, 7) is 7.34. The van der Waals surface area contributed by atoms with Gasteiger partial charge in [-0.05, 0) is 37.7 Å². The van der Waals surface area contributed by atoms with Crippen molar-refractivity contribution in [1.29, 1.82) is 5.26 Å². The first-order valence-electron chi connectivity index (χ1n) is 7.31. The minimum Gasteiger partial charge on any atom is -0.351 e. The molecule has 0 spiro atoms. The molecule has 1 aliphatic rings. The summed E-state index contributed by atoms with van der Waals surface area (Å²) in [5, 5.41) is 18.2. The Kier molecular flexibility index (Phi) is 4.36. The fourth-order valence-electron chi connectivity index (χ4n) is 3.02. The van der Waals surface area contributed by atoms with Gasteiger partial charge in [0.25, 0.3) is 0 Å². The van der Waals surface area contributed by atoms with Gasteiger partial charge in [-0.3, -0.25) is 0 Å². The maximum absolute atomic E-state index is 9.53. The van der Waals surface area contributed by atoms with Gasteiger partial charge in [0.15, 0.2) is 5.82 Å². The molecule has 102 valence electrons. The van der Waals surface area contributed by atoms with E-state index in [1.54, 1.807) is 0 Å². The smallest absolute Gasteiger partial charge is 0.169 e. The average molecular weight is 258 g/mol. The lowest BCUT2D eigenvalue weighted by molar-refractivity contribution is 0.635. The molecule has 1 atom stereocenters. The molecule has 2 heterocycles. The Morgan fingerprint density at radius 1 is 1.26 bits per heavy atom. The summed E-state index contributed by atoms with van der Waals surface area (Å²) in [4.78, 5) is 2.28. The Labute approximate surface area is 115 Å². The molecule has 0 N–H and O–H groups in total. The van der Waals surface area contributed by atoms with E-state index in [-0.39, 0.29) is 0 Å². The predicted octanol–water partition coefficient (Wildman–Crippen LogP) is 2.85. The molecule has 1 aliphatic heterocycles. The minimum atomic E-state index is 0.513. The molecular formula is C15H22N4. The first kappa shape index (κ1) is 13.8. The lowest BCUT2D eigenvalue weighted by Crippen LogP contribution is -2.31. The highest BCUT2D eigenvalue weighted by atomic mass is 15.3. The van der Waals surface area contributed by atoms with Crippen molar-refractivity contribution in [3.05, 3.63) is 16.8 Å². The highest BCUT2D eigenvalue weighted by molar-refractivity contribution is 5.59. The molecule has 1 saturated heterocycles. The third kappa shape index (κ3) is 2.42. The molecule has 2 rings (SSSR count). The van der Waals surface area contributed by atoms with Crippen LogP contribution >= 0.6 is 0 Å². The molecule has 0 radical (unpaired) electrons. The Bertz CT molecular complexity index is 490. The molecule has 1 unspecified atom stereocenters. The molecule has 4 heteroatoms. The maximum atomic E-state index is 9.53. The zero-order valence-electron chi connectivity index (χ0n) is 12.1. The number of rotatable bonds is 4. The monoisotopic (exact) mass is 258 g/mol. The molecule has 1 aromatic rings. The minimum absolute atomic E-state index is 0.513. The van der Waals surface area contributed by atoms with Crippen molar-refractivity contribution in [1.82, 2.24) is 10.2 Å². The van der Waals surface area contributed by atoms with Crippen LogP contribution in [0.25, 0.3) is 0 Å². The summed E-state index contributed by atoms with van der Waals surface area (Å²) < 4.78 is 0. The quantitative estimate of drug-likeness (QED) is 0.833. The molecule has 1 fully saturated rings.